The molecule has 0 aliphatic carbocycles. The standard InChI is InChI=1S/C17H28N2O/c1-17(2,3)18-14-16(20)19(4)13-9-8-12-15-10-6-5-7-11-15/h5-7,10-11,18H,8-9,12-14H2,1-4H3. The van der Waals surface area contributed by atoms with E-state index in [1.54, 1.807) is 0 Å². The van der Waals surface area contributed by atoms with Gasteiger partial charge in [-0.3, -0.25) is 4.79 Å². The van der Waals surface area contributed by atoms with E-state index in [2.05, 4.69) is 50.4 Å². The van der Waals surface area contributed by atoms with Gasteiger partial charge < -0.3 is 10.2 Å². The average Bonchev–Trinajstić information content (AvgIpc) is 2.41. The number of unbranched alkanes of at least 4 members (excludes halogenated alkanes) is 1. The second kappa shape index (κ2) is 8.05. The Labute approximate surface area is 123 Å². The predicted octanol–water partition coefficient (Wildman–Crippen LogP) is 2.86. The average molecular weight is 276 g/mol. The molecule has 1 rings (SSSR count). The molecule has 0 heterocycles. The van der Waals surface area contributed by atoms with Crippen molar-refractivity contribution >= 4 is 5.91 Å². The number of amides is 1. The minimum absolute atomic E-state index is 0.0101. The Hall–Kier alpha value is -1.35. The van der Waals surface area contributed by atoms with Gasteiger partial charge in [0.05, 0.1) is 6.54 Å². The number of aryl methyl sites for hydroxylation is 1. The van der Waals surface area contributed by atoms with Crippen LogP contribution in [0.15, 0.2) is 30.3 Å². The van der Waals surface area contributed by atoms with E-state index in [0.29, 0.717) is 6.54 Å². The van der Waals surface area contributed by atoms with Gasteiger partial charge in [-0.25, -0.2) is 0 Å². The minimum atomic E-state index is -0.0101. The fourth-order valence-electron chi connectivity index (χ4n) is 1.92. The quantitative estimate of drug-likeness (QED) is 0.777. The second-order valence-corrected chi connectivity index (χ2v) is 6.36. The summed E-state index contributed by atoms with van der Waals surface area (Å²) in [6.45, 7) is 7.45. The molecule has 1 aromatic carbocycles. The van der Waals surface area contributed by atoms with Crippen molar-refractivity contribution in [2.75, 3.05) is 20.1 Å². The zero-order chi connectivity index (χ0) is 15.0. The molecule has 0 saturated heterocycles. The summed E-state index contributed by atoms with van der Waals surface area (Å²) in [6.07, 6.45) is 3.25. The van der Waals surface area contributed by atoms with E-state index in [1.165, 1.54) is 5.56 Å². The first-order chi connectivity index (χ1) is 9.38. The molecule has 1 amide bonds. The first-order valence-corrected chi connectivity index (χ1v) is 7.41. The summed E-state index contributed by atoms with van der Waals surface area (Å²) in [6, 6.07) is 10.5. The highest BCUT2D eigenvalue weighted by Crippen LogP contribution is 2.05. The summed E-state index contributed by atoms with van der Waals surface area (Å²) >= 11 is 0. The van der Waals surface area contributed by atoms with Crippen LogP contribution in [0.1, 0.15) is 39.2 Å². The van der Waals surface area contributed by atoms with E-state index in [4.69, 9.17) is 0 Å². The summed E-state index contributed by atoms with van der Waals surface area (Å²) in [5.41, 5.74) is 1.36. The van der Waals surface area contributed by atoms with Gasteiger partial charge in [0.2, 0.25) is 5.91 Å². The van der Waals surface area contributed by atoms with Crippen molar-refractivity contribution in [2.45, 2.75) is 45.6 Å². The molecular formula is C17H28N2O. The van der Waals surface area contributed by atoms with Gasteiger partial charge in [-0.15, -0.1) is 0 Å². The number of hydrogen-bond donors (Lipinski definition) is 1. The van der Waals surface area contributed by atoms with E-state index < -0.39 is 0 Å². The highest BCUT2D eigenvalue weighted by atomic mass is 16.2. The number of nitrogens with zero attached hydrogens (tertiary/aromatic N) is 1. The molecule has 0 atom stereocenters. The number of likely N-dealkylation sites (N-methyl/N-ethyl adjacent to an activating group) is 1. The van der Waals surface area contributed by atoms with Crippen molar-refractivity contribution in [3.8, 4) is 0 Å². The number of benzene rings is 1. The van der Waals surface area contributed by atoms with Gasteiger partial charge in [0.1, 0.15) is 0 Å². The number of nitrogens with one attached hydrogen (secondary N) is 1. The van der Waals surface area contributed by atoms with Crippen LogP contribution in [0.4, 0.5) is 0 Å². The van der Waals surface area contributed by atoms with E-state index in [9.17, 15) is 4.79 Å². The Morgan fingerprint density at radius 2 is 1.80 bits per heavy atom. The lowest BCUT2D eigenvalue weighted by molar-refractivity contribution is -0.129. The van der Waals surface area contributed by atoms with Gasteiger partial charge in [-0.2, -0.15) is 0 Å². The van der Waals surface area contributed by atoms with E-state index >= 15 is 0 Å². The van der Waals surface area contributed by atoms with Crippen molar-refractivity contribution < 1.29 is 4.79 Å². The van der Waals surface area contributed by atoms with Crippen molar-refractivity contribution in [1.29, 1.82) is 0 Å². The summed E-state index contributed by atoms with van der Waals surface area (Å²) in [7, 11) is 1.88. The van der Waals surface area contributed by atoms with Crippen LogP contribution in [-0.4, -0.2) is 36.5 Å². The monoisotopic (exact) mass is 276 g/mol. The predicted molar refractivity (Wildman–Crippen MR) is 84.8 cm³/mol. The number of carbonyl (C=O) groups is 1. The third-order valence-electron chi connectivity index (χ3n) is 3.25. The highest BCUT2D eigenvalue weighted by Gasteiger charge is 2.13. The molecule has 0 fully saturated rings. The Bertz CT molecular complexity index is 395. The highest BCUT2D eigenvalue weighted by molar-refractivity contribution is 5.78. The van der Waals surface area contributed by atoms with Gasteiger partial charge in [-0.05, 0) is 45.6 Å². The summed E-state index contributed by atoms with van der Waals surface area (Å²) in [5.74, 6) is 0.166. The smallest absolute Gasteiger partial charge is 0.236 e. The third-order valence-corrected chi connectivity index (χ3v) is 3.25. The number of hydrogen-bond acceptors (Lipinski definition) is 2. The first kappa shape index (κ1) is 16.7. The Kier molecular flexibility index (Phi) is 6.73. The van der Waals surface area contributed by atoms with E-state index in [-0.39, 0.29) is 11.4 Å². The maximum atomic E-state index is 11.9. The van der Waals surface area contributed by atoms with Crippen molar-refractivity contribution in [3.63, 3.8) is 0 Å². The summed E-state index contributed by atoms with van der Waals surface area (Å²) < 4.78 is 0. The lowest BCUT2D eigenvalue weighted by Gasteiger charge is -2.23. The van der Waals surface area contributed by atoms with Crippen LogP contribution < -0.4 is 5.32 Å². The molecule has 0 aliphatic rings. The van der Waals surface area contributed by atoms with Crippen LogP contribution in [0.3, 0.4) is 0 Å². The number of rotatable bonds is 7. The zero-order valence-electron chi connectivity index (χ0n) is 13.3. The fourth-order valence-corrected chi connectivity index (χ4v) is 1.92. The topological polar surface area (TPSA) is 32.3 Å². The normalized spacial score (nSPS) is 11.4. The van der Waals surface area contributed by atoms with Gasteiger partial charge in [0, 0.05) is 19.1 Å². The molecule has 0 aliphatic heterocycles. The van der Waals surface area contributed by atoms with Gasteiger partial charge in [0.15, 0.2) is 0 Å². The molecule has 0 spiro atoms. The Morgan fingerprint density at radius 1 is 1.15 bits per heavy atom. The summed E-state index contributed by atoms with van der Waals surface area (Å²) in [4.78, 5) is 13.7. The third kappa shape index (κ3) is 7.29. The molecule has 20 heavy (non-hydrogen) atoms. The lowest BCUT2D eigenvalue weighted by atomic mass is 10.1. The molecule has 0 radical (unpaired) electrons. The van der Waals surface area contributed by atoms with Crippen LogP contribution in [0, 0.1) is 0 Å². The van der Waals surface area contributed by atoms with E-state index in [0.717, 1.165) is 25.8 Å². The summed E-state index contributed by atoms with van der Waals surface area (Å²) in [5, 5.41) is 3.23. The van der Waals surface area contributed by atoms with Crippen molar-refractivity contribution in [2.24, 2.45) is 0 Å². The number of carbonyl (C=O) groups excluding carboxylic acids is 1. The largest absolute Gasteiger partial charge is 0.345 e. The molecular weight excluding hydrogens is 248 g/mol. The molecule has 0 saturated carbocycles. The molecule has 1 aromatic rings. The SMILES string of the molecule is CN(CCCCc1ccccc1)C(=O)CNC(C)(C)C. The molecule has 0 unspecified atom stereocenters. The second-order valence-electron chi connectivity index (χ2n) is 6.36. The molecule has 3 nitrogen and oxygen atoms in total. The minimum Gasteiger partial charge on any atom is -0.345 e. The Morgan fingerprint density at radius 3 is 2.40 bits per heavy atom. The molecule has 0 bridgehead atoms. The maximum Gasteiger partial charge on any atom is 0.236 e. The van der Waals surface area contributed by atoms with Gasteiger partial charge in [0.25, 0.3) is 0 Å². The molecule has 112 valence electrons. The van der Waals surface area contributed by atoms with E-state index in [1.807, 2.05) is 18.0 Å². The van der Waals surface area contributed by atoms with Crippen LogP contribution in [0.25, 0.3) is 0 Å². The van der Waals surface area contributed by atoms with Crippen LogP contribution in [-0.2, 0) is 11.2 Å². The van der Waals surface area contributed by atoms with Crippen LogP contribution in [0.2, 0.25) is 0 Å². The van der Waals surface area contributed by atoms with Gasteiger partial charge in [-0.1, -0.05) is 30.3 Å². The fraction of sp³-hybridized carbons (Fsp3) is 0.588. The van der Waals surface area contributed by atoms with Crippen molar-refractivity contribution in [1.82, 2.24) is 10.2 Å². The van der Waals surface area contributed by atoms with Crippen LogP contribution >= 0.6 is 0 Å². The molecule has 1 N–H and O–H groups in total. The molecule has 0 aromatic heterocycles. The van der Waals surface area contributed by atoms with Gasteiger partial charge >= 0.3 is 0 Å². The van der Waals surface area contributed by atoms with Crippen molar-refractivity contribution in [3.05, 3.63) is 35.9 Å². The van der Waals surface area contributed by atoms with Crippen LogP contribution in [0.5, 0.6) is 0 Å². The lowest BCUT2D eigenvalue weighted by Crippen LogP contribution is -2.44. The Balaban J connectivity index is 2.16. The molecule has 3 heteroatoms. The zero-order valence-corrected chi connectivity index (χ0v) is 13.3. The first-order valence-electron chi connectivity index (χ1n) is 7.41. The maximum absolute atomic E-state index is 11.9.